The molecule has 0 radical (unpaired) electrons. The number of amides is 1. The minimum Gasteiger partial charge on any atom is -0.351 e. The maximum Gasteiger partial charge on any atom is 0.234 e. The van der Waals surface area contributed by atoms with E-state index in [1.54, 1.807) is 0 Å². The van der Waals surface area contributed by atoms with E-state index in [0.29, 0.717) is 19.1 Å². The number of nitrogens with zero attached hydrogens (tertiary/aromatic N) is 1. The number of rotatable bonds is 5. The van der Waals surface area contributed by atoms with Gasteiger partial charge in [-0.3, -0.25) is 9.69 Å². The van der Waals surface area contributed by atoms with E-state index >= 15 is 0 Å². The molecule has 1 saturated heterocycles. The molecule has 1 heterocycles. The summed E-state index contributed by atoms with van der Waals surface area (Å²) in [7, 11) is 0. The fraction of sp³-hybridized carbons (Fsp3) is 0.350. The van der Waals surface area contributed by atoms with Crippen LogP contribution in [-0.4, -0.2) is 23.9 Å². The Kier molecular flexibility index (Phi) is 5.09. The van der Waals surface area contributed by atoms with E-state index in [-0.39, 0.29) is 5.91 Å². The fourth-order valence-corrected chi connectivity index (χ4v) is 3.31. The lowest BCUT2D eigenvalue weighted by atomic mass is 10.0. The molecule has 23 heavy (non-hydrogen) atoms. The smallest absolute Gasteiger partial charge is 0.234 e. The van der Waals surface area contributed by atoms with Crippen molar-refractivity contribution in [2.45, 2.75) is 32.4 Å². The predicted molar refractivity (Wildman–Crippen MR) is 93.0 cm³/mol. The first kappa shape index (κ1) is 15.8. The first-order valence-electron chi connectivity index (χ1n) is 8.34. The summed E-state index contributed by atoms with van der Waals surface area (Å²) in [6.45, 7) is 4.16. The molecule has 0 aliphatic carbocycles. The first-order valence-corrected chi connectivity index (χ1v) is 8.34. The SMILES string of the molecule is Cc1ccccc1CNC(=O)CN1CCCC1c1ccccc1. The number of hydrogen-bond acceptors (Lipinski definition) is 2. The molecule has 1 fully saturated rings. The summed E-state index contributed by atoms with van der Waals surface area (Å²) in [5.41, 5.74) is 3.72. The van der Waals surface area contributed by atoms with Gasteiger partial charge < -0.3 is 5.32 Å². The van der Waals surface area contributed by atoms with Crippen molar-refractivity contribution in [3.8, 4) is 0 Å². The van der Waals surface area contributed by atoms with E-state index in [1.807, 2.05) is 18.2 Å². The molecule has 120 valence electrons. The molecular formula is C20H24N2O. The fourth-order valence-electron chi connectivity index (χ4n) is 3.31. The molecule has 0 bridgehead atoms. The zero-order valence-electron chi connectivity index (χ0n) is 13.7. The Morgan fingerprint density at radius 1 is 1.13 bits per heavy atom. The van der Waals surface area contributed by atoms with Crippen LogP contribution in [0.3, 0.4) is 0 Å². The highest BCUT2D eigenvalue weighted by molar-refractivity contribution is 5.78. The Morgan fingerprint density at radius 3 is 2.65 bits per heavy atom. The van der Waals surface area contributed by atoms with Gasteiger partial charge in [0.15, 0.2) is 0 Å². The van der Waals surface area contributed by atoms with Gasteiger partial charge in [0.1, 0.15) is 0 Å². The Balaban J connectivity index is 1.56. The van der Waals surface area contributed by atoms with Crippen molar-refractivity contribution in [2.75, 3.05) is 13.1 Å². The lowest BCUT2D eigenvalue weighted by molar-refractivity contribution is -0.122. The molecule has 1 atom stereocenters. The minimum atomic E-state index is 0.107. The molecule has 3 nitrogen and oxygen atoms in total. The van der Waals surface area contributed by atoms with Crippen LogP contribution in [0.5, 0.6) is 0 Å². The zero-order chi connectivity index (χ0) is 16.1. The largest absolute Gasteiger partial charge is 0.351 e. The van der Waals surface area contributed by atoms with E-state index in [9.17, 15) is 4.79 Å². The minimum absolute atomic E-state index is 0.107. The topological polar surface area (TPSA) is 32.3 Å². The highest BCUT2D eigenvalue weighted by Gasteiger charge is 2.27. The number of nitrogens with one attached hydrogen (secondary N) is 1. The zero-order valence-corrected chi connectivity index (χ0v) is 13.7. The van der Waals surface area contributed by atoms with Gasteiger partial charge >= 0.3 is 0 Å². The number of likely N-dealkylation sites (tertiary alicyclic amines) is 1. The summed E-state index contributed by atoms with van der Waals surface area (Å²) in [5, 5.41) is 3.06. The van der Waals surface area contributed by atoms with Gasteiger partial charge in [0.05, 0.1) is 6.54 Å². The van der Waals surface area contributed by atoms with Crippen molar-refractivity contribution in [1.82, 2.24) is 10.2 Å². The van der Waals surface area contributed by atoms with Crippen LogP contribution in [0.1, 0.15) is 35.6 Å². The van der Waals surface area contributed by atoms with E-state index in [2.05, 4.69) is 53.5 Å². The van der Waals surface area contributed by atoms with Gasteiger partial charge in [-0.05, 0) is 43.0 Å². The standard InChI is InChI=1S/C20H24N2O/c1-16-8-5-6-11-18(16)14-21-20(23)15-22-13-7-12-19(22)17-9-3-2-4-10-17/h2-6,8-11,19H,7,12-15H2,1H3,(H,21,23). The summed E-state index contributed by atoms with van der Waals surface area (Å²) in [4.78, 5) is 14.6. The van der Waals surface area contributed by atoms with Crippen molar-refractivity contribution in [3.63, 3.8) is 0 Å². The summed E-state index contributed by atoms with van der Waals surface area (Å²) >= 11 is 0. The molecule has 1 amide bonds. The van der Waals surface area contributed by atoms with Crippen LogP contribution in [0.15, 0.2) is 54.6 Å². The maximum absolute atomic E-state index is 12.3. The Labute approximate surface area is 138 Å². The molecule has 1 aliphatic rings. The highest BCUT2D eigenvalue weighted by atomic mass is 16.2. The first-order chi connectivity index (χ1) is 11.2. The third-order valence-electron chi connectivity index (χ3n) is 4.63. The predicted octanol–water partition coefficient (Wildman–Crippen LogP) is 3.45. The molecule has 0 saturated carbocycles. The Bertz CT molecular complexity index is 654. The number of carbonyl (C=O) groups is 1. The van der Waals surface area contributed by atoms with Crippen LogP contribution in [0, 0.1) is 6.92 Å². The van der Waals surface area contributed by atoms with Gasteiger partial charge in [0.25, 0.3) is 0 Å². The van der Waals surface area contributed by atoms with Crippen LogP contribution < -0.4 is 5.32 Å². The normalized spacial score (nSPS) is 18.0. The van der Waals surface area contributed by atoms with Gasteiger partial charge in [-0.25, -0.2) is 0 Å². The monoisotopic (exact) mass is 308 g/mol. The molecule has 1 unspecified atom stereocenters. The molecule has 2 aromatic carbocycles. The van der Waals surface area contributed by atoms with E-state index < -0.39 is 0 Å². The number of benzene rings is 2. The van der Waals surface area contributed by atoms with Gasteiger partial charge in [-0.2, -0.15) is 0 Å². The summed E-state index contributed by atoms with van der Waals surface area (Å²) in [6.07, 6.45) is 2.29. The Hall–Kier alpha value is -2.13. The second-order valence-corrected chi connectivity index (χ2v) is 6.24. The molecule has 1 N–H and O–H groups in total. The van der Waals surface area contributed by atoms with Crippen molar-refractivity contribution in [2.24, 2.45) is 0 Å². The van der Waals surface area contributed by atoms with Crippen LogP contribution >= 0.6 is 0 Å². The van der Waals surface area contributed by atoms with Crippen LogP contribution in [-0.2, 0) is 11.3 Å². The average molecular weight is 308 g/mol. The summed E-state index contributed by atoms with van der Waals surface area (Å²) < 4.78 is 0. The van der Waals surface area contributed by atoms with Gasteiger partial charge in [-0.1, -0.05) is 54.6 Å². The Morgan fingerprint density at radius 2 is 1.87 bits per heavy atom. The number of hydrogen-bond donors (Lipinski definition) is 1. The van der Waals surface area contributed by atoms with Crippen molar-refractivity contribution < 1.29 is 4.79 Å². The van der Waals surface area contributed by atoms with Gasteiger partial charge in [0, 0.05) is 12.6 Å². The second kappa shape index (κ2) is 7.42. The summed E-state index contributed by atoms with van der Waals surface area (Å²) in [6, 6.07) is 19.1. The molecule has 3 rings (SSSR count). The lowest BCUT2D eigenvalue weighted by Gasteiger charge is -2.24. The lowest BCUT2D eigenvalue weighted by Crippen LogP contribution is -2.36. The van der Waals surface area contributed by atoms with Crippen LogP contribution in [0.25, 0.3) is 0 Å². The highest BCUT2D eigenvalue weighted by Crippen LogP contribution is 2.31. The molecule has 0 spiro atoms. The molecule has 3 heteroatoms. The third kappa shape index (κ3) is 3.99. The number of carbonyl (C=O) groups excluding carboxylic acids is 1. The van der Waals surface area contributed by atoms with Gasteiger partial charge in [-0.15, -0.1) is 0 Å². The average Bonchev–Trinajstić information content (AvgIpc) is 3.03. The molecule has 1 aliphatic heterocycles. The molecule has 2 aromatic rings. The summed E-state index contributed by atoms with van der Waals surface area (Å²) in [5.74, 6) is 0.107. The van der Waals surface area contributed by atoms with Crippen molar-refractivity contribution >= 4 is 5.91 Å². The number of aryl methyl sites for hydroxylation is 1. The van der Waals surface area contributed by atoms with Crippen LogP contribution in [0.4, 0.5) is 0 Å². The quantitative estimate of drug-likeness (QED) is 0.917. The molecule has 0 aromatic heterocycles. The maximum atomic E-state index is 12.3. The van der Waals surface area contributed by atoms with Gasteiger partial charge in [0.2, 0.25) is 5.91 Å². The van der Waals surface area contributed by atoms with E-state index in [0.717, 1.165) is 19.4 Å². The molecular weight excluding hydrogens is 284 g/mol. The van der Waals surface area contributed by atoms with Crippen molar-refractivity contribution in [3.05, 3.63) is 71.3 Å². The van der Waals surface area contributed by atoms with Crippen molar-refractivity contribution in [1.29, 1.82) is 0 Å². The van der Waals surface area contributed by atoms with Crippen LogP contribution in [0.2, 0.25) is 0 Å². The van der Waals surface area contributed by atoms with E-state index in [4.69, 9.17) is 0 Å². The second-order valence-electron chi connectivity index (χ2n) is 6.24. The third-order valence-corrected chi connectivity index (χ3v) is 4.63. The van der Waals surface area contributed by atoms with E-state index in [1.165, 1.54) is 16.7 Å².